The molecule has 0 aliphatic heterocycles. The summed E-state index contributed by atoms with van der Waals surface area (Å²) in [6.07, 6.45) is 1.16. The number of anilines is 1. The molecule has 0 spiro atoms. The van der Waals surface area contributed by atoms with E-state index in [1.54, 1.807) is 63.4 Å². The lowest BCUT2D eigenvalue weighted by Gasteiger charge is -2.19. The number of pyridine rings is 1. The minimum atomic E-state index is -0.605. The van der Waals surface area contributed by atoms with Crippen LogP contribution in [0.1, 0.15) is 67.6 Å². The standard InChI is InChI=1S/C28H32N2O4/c1-19(2)22-8-6-20(7-9-22)18-33-24-12-10-23(11-13-24)25(31)16-21-14-15-29-26(17-21)30-27(32)34-28(3,4)5/h6-15,17,19H,16,18H2,1-5H3,(H,29,30,32). The van der Waals surface area contributed by atoms with Gasteiger partial charge in [0, 0.05) is 18.2 Å². The number of amides is 1. The lowest BCUT2D eigenvalue weighted by molar-refractivity contribution is 0.0635. The molecule has 0 fully saturated rings. The van der Waals surface area contributed by atoms with E-state index in [0.717, 1.165) is 11.1 Å². The van der Waals surface area contributed by atoms with Crippen LogP contribution in [-0.2, 0) is 17.8 Å². The van der Waals surface area contributed by atoms with E-state index in [-0.39, 0.29) is 12.2 Å². The third kappa shape index (κ3) is 7.73. The fraction of sp³-hybridized carbons (Fsp3) is 0.321. The predicted octanol–water partition coefficient (Wildman–Crippen LogP) is 6.56. The number of carbonyl (C=O) groups is 2. The molecule has 0 unspecified atom stereocenters. The van der Waals surface area contributed by atoms with Gasteiger partial charge in [0.1, 0.15) is 23.8 Å². The Bertz CT molecular complexity index is 1110. The van der Waals surface area contributed by atoms with Crippen molar-refractivity contribution in [2.45, 2.75) is 59.2 Å². The van der Waals surface area contributed by atoms with Gasteiger partial charge in [-0.3, -0.25) is 10.1 Å². The Kier molecular flexibility index (Phi) is 8.05. The molecule has 1 amide bonds. The predicted molar refractivity (Wildman–Crippen MR) is 133 cm³/mol. The molecule has 6 nitrogen and oxygen atoms in total. The van der Waals surface area contributed by atoms with E-state index >= 15 is 0 Å². The van der Waals surface area contributed by atoms with Gasteiger partial charge in [-0.25, -0.2) is 9.78 Å². The maximum Gasteiger partial charge on any atom is 0.413 e. The molecule has 1 N–H and O–H groups in total. The van der Waals surface area contributed by atoms with Crippen LogP contribution in [0.4, 0.5) is 10.6 Å². The van der Waals surface area contributed by atoms with Crippen molar-refractivity contribution < 1.29 is 19.1 Å². The molecule has 0 saturated heterocycles. The highest BCUT2D eigenvalue weighted by Crippen LogP contribution is 2.19. The summed E-state index contributed by atoms with van der Waals surface area (Å²) in [5, 5.41) is 2.60. The molecule has 2 aromatic carbocycles. The molecule has 0 radical (unpaired) electrons. The quantitative estimate of drug-likeness (QED) is 0.385. The van der Waals surface area contributed by atoms with Gasteiger partial charge in [0.2, 0.25) is 0 Å². The molecule has 3 rings (SSSR count). The van der Waals surface area contributed by atoms with Gasteiger partial charge < -0.3 is 9.47 Å². The van der Waals surface area contributed by atoms with E-state index in [2.05, 4.69) is 48.4 Å². The fourth-order valence-electron chi connectivity index (χ4n) is 3.25. The van der Waals surface area contributed by atoms with Crippen molar-refractivity contribution in [2.75, 3.05) is 5.32 Å². The van der Waals surface area contributed by atoms with Crippen LogP contribution in [0, 0.1) is 0 Å². The Hall–Kier alpha value is -3.67. The van der Waals surface area contributed by atoms with E-state index < -0.39 is 11.7 Å². The van der Waals surface area contributed by atoms with Crippen molar-refractivity contribution >= 4 is 17.7 Å². The van der Waals surface area contributed by atoms with Crippen molar-refractivity contribution in [3.63, 3.8) is 0 Å². The topological polar surface area (TPSA) is 77.5 Å². The van der Waals surface area contributed by atoms with Gasteiger partial charge in [-0.1, -0.05) is 38.1 Å². The first-order valence-electron chi connectivity index (χ1n) is 11.4. The van der Waals surface area contributed by atoms with Crippen LogP contribution in [-0.4, -0.2) is 22.5 Å². The number of carbonyl (C=O) groups excluding carboxylic acids is 2. The molecule has 0 aliphatic rings. The molecule has 0 aliphatic carbocycles. The first kappa shape index (κ1) is 25.0. The van der Waals surface area contributed by atoms with Crippen molar-refractivity contribution in [1.29, 1.82) is 0 Å². The van der Waals surface area contributed by atoms with Crippen LogP contribution < -0.4 is 10.1 Å². The van der Waals surface area contributed by atoms with Gasteiger partial charge in [0.25, 0.3) is 0 Å². The smallest absolute Gasteiger partial charge is 0.413 e. The fourth-order valence-corrected chi connectivity index (χ4v) is 3.25. The Labute approximate surface area is 201 Å². The average Bonchev–Trinajstić information content (AvgIpc) is 2.77. The molecule has 6 heteroatoms. The molecule has 34 heavy (non-hydrogen) atoms. The zero-order valence-corrected chi connectivity index (χ0v) is 20.4. The van der Waals surface area contributed by atoms with Gasteiger partial charge in [0.05, 0.1) is 0 Å². The van der Waals surface area contributed by atoms with Crippen LogP contribution in [0.5, 0.6) is 5.75 Å². The average molecular weight is 461 g/mol. The summed E-state index contributed by atoms with van der Waals surface area (Å²) in [7, 11) is 0. The van der Waals surface area contributed by atoms with Gasteiger partial charge in [0.15, 0.2) is 5.78 Å². The largest absolute Gasteiger partial charge is 0.489 e. The van der Waals surface area contributed by atoms with Crippen molar-refractivity contribution in [1.82, 2.24) is 4.98 Å². The molecular formula is C28H32N2O4. The Balaban J connectivity index is 1.55. The lowest BCUT2D eigenvalue weighted by atomic mass is 10.0. The summed E-state index contributed by atoms with van der Waals surface area (Å²) in [4.78, 5) is 28.8. The number of hydrogen-bond acceptors (Lipinski definition) is 5. The number of Topliss-reactive ketones (excluding diaryl/α,β-unsaturated/α-hetero) is 1. The summed E-state index contributed by atoms with van der Waals surface area (Å²) in [6, 6.07) is 19.0. The molecular weight excluding hydrogens is 428 g/mol. The highest BCUT2D eigenvalue weighted by Gasteiger charge is 2.17. The van der Waals surface area contributed by atoms with Crippen molar-refractivity contribution in [3.05, 3.63) is 89.1 Å². The van der Waals surface area contributed by atoms with E-state index in [9.17, 15) is 9.59 Å². The third-order valence-corrected chi connectivity index (χ3v) is 5.05. The zero-order chi connectivity index (χ0) is 24.7. The number of nitrogens with zero attached hydrogens (tertiary/aromatic N) is 1. The summed E-state index contributed by atoms with van der Waals surface area (Å²) in [5.74, 6) is 1.51. The molecule has 1 heterocycles. The number of aromatic nitrogens is 1. The maximum atomic E-state index is 12.7. The second kappa shape index (κ2) is 11.0. The molecule has 0 bridgehead atoms. The molecule has 178 valence electrons. The molecule has 0 saturated carbocycles. The van der Waals surface area contributed by atoms with E-state index in [4.69, 9.17) is 9.47 Å². The van der Waals surface area contributed by atoms with Gasteiger partial charge in [-0.15, -0.1) is 0 Å². The number of ether oxygens (including phenoxy) is 2. The van der Waals surface area contributed by atoms with E-state index in [1.165, 1.54) is 5.56 Å². The van der Waals surface area contributed by atoms with Gasteiger partial charge >= 0.3 is 6.09 Å². The molecule has 0 atom stereocenters. The number of ketones is 1. The zero-order valence-electron chi connectivity index (χ0n) is 20.4. The van der Waals surface area contributed by atoms with Crippen molar-refractivity contribution in [2.24, 2.45) is 0 Å². The second-order valence-corrected chi connectivity index (χ2v) is 9.49. The third-order valence-electron chi connectivity index (χ3n) is 5.05. The van der Waals surface area contributed by atoms with Crippen LogP contribution in [0.25, 0.3) is 0 Å². The maximum absolute atomic E-state index is 12.7. The summed E-state index contributed by atoms with van der Waals surface area (Å²) in [6.45, 7) is 10.2. The van der Waals surface area contributed by atoms with Gasteiger partial charge in [-0.2, -0.15) is 0 Å². The lowest BCUT2D eigenvalue weighted by Crippen LogP contribution is -2.27. The molecule has 1 aromatic heterocycles. The first-order valence-corrected chi connectivity index (χ1v) is 11.4. The normalized spacial score (nSPS) is 11.2. The summed E-state index contributed by atoms with van der Waals surface area (Å²) < 4.78 is 11.1. The van der Waals surface area contributed by atoms with E-state index in [1.807, 2.05) is 0 Å². The molecule has 3 aromatic rings. The second-order valence-electron chi connectivity index (χ2n) is 9.49. The van der Waals surface area contributed by atoms with Crippen LogP contribution in [0.15, 0.2) is 66.9 Å². The Morgan fingerprint density at radius 3 is 2.24 bits per heavy atom. The van der Waals surface area contributed by atoms with Crippen LogP contribution >= 0.6 is 0 Å². The number of rotatable bonds is 8. The minimum Gasteiger partial charge on any atom is -0.489 e. The van der Waals surface area contributed by atoms with Crippen LogP contribution in [0.2, 0.25) is 0 Å². The van der Waals surface area contributed by atoms with E-state index in [0.29, 0.717) is 29.7 Å². The Morgan fingerprint density at radius 2 is 1.62 bits per heavy atom. The van der Waals surface area contributed by atoms with Gasteiger partial charge in [-0.05, 0) is 79.8 Å². The number of hydrogen-bond donors (Lipinski definition) is 1. The first-order chi connectivity index (χ1) is 16.1. The summed E-state index contributed by atoms with van der Waals surface area (Å²) >= 11 is 0. The Morgan fingerprint density at radius 1 is 0.941 bits per heavy atom. The summed E-state index contributed by atoms with van der Waals surface area (Å²) in [5.41, 5.74) is 3.13. The number of benzene rings is 2. The number of nitrogens with one attached hydrogen (secondary N) is 1. The minimum absolute atomic E-state index is 0.0368. The highest BCUT2D eigenvalue weighted by molar-refractivity contribution is 5.97. The highest BCUT2D eigenvalue weighted by atomic mass is 16.6. The SMILES string of the molecule is CC(C)c1ccc(COc2ccc(C(=O)Cc3ccnc(NC(=O)OC(C)(C)C)c3)cc2)cc1. The van der Waals surface area contributed by atoms with Crippen LogP contribution in [0.3, 0.4) is 0 Å². The van der Waals surface area contributed by atoms with Crippen molar-refractivity contribution in [3.8, 4) is 5.75 Å². The monoisotopic (exact) mass is 460 g/mol.